The summed E-state index contributed by atoms with van der Waals surface area (Å²) in [6.45, 7) is 3.92. The van der Waals surface area contributed by atoms with Gasteiger partial charge in [0.1, 0.15) is 5.69 Å². The summed E-state index contributed by atoms with van der Waals surface area (Å²) in [5.41, 5.74) is 1.21. The number of carbonyl (C=O) groups excluding carboxylic acids is 1. The molecule has 1 aromatic carbocycles. The number of aromatic nitrogens is 2. The molecule has 7 heteroatoms. The van der Waals surface area contributed by atoms with Crippen molar-refractivity contribution in [3.05, 3.63) is 47.2 Å². The Balaban J connectivity index is 1.56. The molecule has 27 heavy (non-hydrogen) atoms. The molecule has 0 saturated carbocycles. The smallest absolute Gasteiger partial charge is 0.272 e. The molecule has 1 amide bonds. The number of rotatable bonds is 2. The highest BCUT2D eigenvalue weighted by atomic mass is 35.5. The van der Waals surface area contributed by atoms with Gasteiger partial charge in [0, 0.05) is 48.5 Å². The standard InChI is InChI=1S/C20H22ClN3O3/c21-16-3-1-15(2-4-16)18-22-8-5-17(23-18)19(25)24-9-12-27-14-20(13-24)6-10-26-11-7-20/h1-5,8H,6-7,9-14H2. The van der Waals surface area contributed by atoms with Crippen LogP contribution in [0.25, 0.3) is 11.4 Å². The molecule has 0 radical (unpaired) electrons. The zero-order valence-corrected chi connectivity index (χ0v) is 15.8. The Morgan fingerprint density at radius 3 is 2.63 bits per heavy atom. The number of hydrogen-bond acceptors (Lipinski definition) is 5. The first-order valence-electron chi connectivity index (χ1n) is 9.19. The van der Waals surface area contributed by atoms with Crippen molar-refractivity contribution in [1.82, 2.24) is 14.9 Å². The van der Waals surface area contributed by atoms with Crippen LogP contribution in [0.3, 0.4) is 0 Å². The van der Waals surface area contributed by atoms with Crippen LogP contribution in [0.15, 0.2) is 36.5 Å². The van der Waals surface area contributed by atoms with Crippen LogP contribution in [0.5, 0.6) is 0 Å². The molecule has 1 spiro atoms. The molecule has 2 aromatic rings. The Hall–Kier alpha value is -2.02. The van der Waals surface area contributed by atoms with Crippen molar-refractivity contribution in [3.8, 4) is 11.4 Å². The monoisotopic (exact) mass is 387 g/mol. The average molecular weight is 388 g/mol. The number of halogens is 1. The Morgan fingerprint density at radius 1 is 1.07 bits per heavy atom. The predicted octanol–water partition coefficient (Wildman–Crippen LogP) is 3.07. The molecule has 0 atom stereocenters. The van der Waals surface area contributed by atoms with Crippen LogP contribution in [-0.4, -0.2) is 60.3 Å². The lowest BCUT2D eigenvalue weighted by Crippen LogP contribution is -2.44. The third kappa shape index (κ3) is 4.13. The number of ether oxygens (including phenoxy) is 2. The van der Waals surface area contributed by atoms with Gasteiger partial charge in [0.2, 0.25) is 0 Å². The molecule has 0 N–H and O–H groups in total. The number of nitrogens with zero attached hydrogens (tertiary/aromatic N) is 3. The maximum atomic E-state index is 13.1. The van der Waals surface area contributed by atoms with E-state index in [1.165, 1.54) is 0 Å². The van der Waals surface area contributed by atoms with Crippen molar-refractivity contribution < 1.29 is 14.3 Å². The van der Waals surface area contributed by atoms with Gasteiger partial charge in [-0.3, -0.25) is 4.79 Å². The van der Waals surface area contributed by atoms with Gasteiger partial charge in [0.25, 0.3) is 5.91 Å². The number of hydrogen-bond donors (Lipinski definition) is 0. The first-order chi connectivity index (χ1) is 13.2. The molecule has 2 aliphatic rings. The van der Waals surface area contributed by atoms with Crippen LogP contribution < -0.4 is 0 Å². The first-order valence-corrected chi connectivity index (χ1v) is 9.57. The van der Waals surface area contributed by atoms with E-state index in [9.17, 15) is 4.79 Å². The molecule has 142 valence electrons. The third-order valence-corrected chi connectivity index (χ3v) is 5.51. The summed E-state index contributed by atoms with van der Waals surface area (Å²) in [6, 6.07) is 8.95. The second-order valence-corrected chi connectivity index (χ2v) is 7.60. The van der Waals surface area contributed by atoms with E-state index in [2.05, 4.69) is 9.97 Å². The summed E-state index contributed by atoms with van der Waals surface area (Å²) < 4.78 is 11.3. The van der Waals surface area contributed by atoms with E-state index >= 15 is 0 Å². The summed E-state index contributed by atoms with van der Waals surface area (Å²) in [6.07, 6.45) is 3.45. The van der Waals surface area contributed by atoms with Crippen LogP contribution in [-0.2, 0) is 9.47 Å². The van der Waals surface area contributed by atoms with E-state index in [1.54, 1.807) is 24.4 Å². The van der Waals surface area contributed by atoms with Crippen molar-refractivity contribution in [3.63, 3.8) is 0 Å². The maximum absolute atomic E-state index is 13.1. The van der Waals surface area contributed by atoms with E-state index in [4.69, 9.17) is 21.1 Å². The zero-order valence-electron chi connectivity index (χ0n) is 15.1. The van der Waals surface area contributed by atoms with Crippen LogP contribution in [0.4, 0.5) is 0 Å². The molecule has 3 heterocycles. The van der Waals surface area contributed by atoms with E-state index in [0.29, 0.717) is 42.8 Å². The van der Waals surface area contributed by atoms with Gasteiger partial charge < -0.3 is 14.4 Å². The van der Waals surface area contributed by atoms with Gasteiger partial charge in [-0.05, 0) is 43.2 Å². The third-order valence-electron chi connectivity index (χ3n) is 5.26. The minimum absolute atomic E-state index is 0.0174. The summed E-state index contributed by atoms with van der Waals surface area (Å²) >= 11 is 5.95. The highest BCUT2D eigenvalue weighted by molar-refractivity contribution is 6.30. The molecule has 0 unspecified atom stereocenters. The molecular weight excluding hydrogens is 366 g/mol. The van der Waals surface area contributed by atoms with Crippen molar-refractivity contribution >= 4 is 17.5 Å². The quantitative estimate of drug-likeness (QED) is 0.792. The van der Waals surface area contributed by atoms with Crippen LogP contribution in [0, 0.1) is 5.41 Å². The van der Waals surface area contributed by atoms with Gasteiger partial charge >= 0.3 is 0 Å². The zero-order chi connectivity index (χ0) is 18.7. The fraction of sp³-hybridized carbons (Fsp3) is 0.450. The molecule has 0 aliphatic carbocycles. The van der Waals surface area contributed by atoms with E-state index in [-0.39, 0.29) is 11.3 Å². The lowest BCUT2D eigenvalue weighted by molar-refractivity contribution is -0.0304. The van der Waals surface area contributed by atoms with E-state index < -0.39 is 0 Å². The molecule has 0 bridgehead atoms. The van der Waals surface area contributed by atoms with Gasteiger partial charge in [-0.15, -0.1) is 0 Å². The summed E-state index contributed by atoms with van der Waals surface area (Å²) in [5, 5.41) is 0.650. The average Bonchev–Trinajstić information content (AvgIpc) is 2.91. The summed E-state index contributed by atoms with van der Waals surface area (Å²) in [7, 11) is 0. The fourth-order valence-electron chi connectivity index (χ4n) is 3.65. The van der Waals surface area contributed by atoms with E-state index in [1.807, 2.05) is 17.0 Å². The van der Waals surface area contributed by atoms with Crippen LogP contribution >= 0.6 is 11.6 Å². The van der Waals surface area contributed by atoms with E-state index in [0.717, 1.165) is 31.6 Å². The first kappa shape index (κ1) is 18.3. The summed E-state index contributed by atoms with van der Waals surface area (Å²) in [4.78, 5) is 23.8. The second kappa shape index (κ2) is 7.92. The Kier molecular flexibility index (Phi) is 5.38. The lowest BCUT2D eigenvalue weighted by atomic mass is 9.80. The lowest BCUT2D eigenvalue weighted by Gasteiger charge is -2.38. The van der Waals surface area contributed by atoms with Gasteiger partial charge in [0.15, 0.2) is 5.82 Å². The number of carbonyl (C=O) groups is 1. The molecule has 2 saturated heterocycles. The highest BCUT2D eigenvalue weighted by Crippen LogP contribution is 2.33. The summed E-state index contributed by atoms with van der Waals surface area (Å²) in [5.74, 6) is 0.438. The van der Waals surface area contributed by atoms with Crippen molar-refractivity contribution in [1.29, 1.82) is 0 Å². The Morgan fingerprint density at radius 2 is 1.85 bits per heavy atom. The number of amides is 1. The fourth-order valence-corrected chi connectivity index (χ4v) is 3.78. The maximum Gasteiger partial charge on any atom is 0.272 e. The van der Waals surface area contributed by atoms with Crippen LogP contribution in [0.1, 0.15) is 23.3 Å². The topological polar surface area (TPSA) is 64.6 Å². The van der Waals surface area contributed by atoms with Crippen LogP contribution in [0.2, 0.25) is 5.02 Å². The van der Waals surface area contributed by atoms with Crippen molar-refractivity contribution in [2.75, 3.05) is 39.5 Å². The Labute approximate surface area is 163 Å². The molecule has 4 rings (SSSR count). The highest BCUT2D eigenvalue weighted by Gasteiger charge is 2.38. The van der Waals surface area contributed by atoms with Gasteiger partial charge in [0.05, 0.1) is 13.2 Å². The van der Waals surface area contributed by atoms with Crippen molar-refractivity contribution in [2.24, 2.45) is 5.41 Å². The molecule has 2 aliphatic heterocycles. The molecular formula is C20H22ClN3O3. The molecule has 6 nitrogen and oxygen atoms in total. The van der Waals surface area contributed by atoms with Gasteiger partial charge in [-0.2, -0.15) is 0 Å². The minimum Gasteiger partial charge on any atom is -0.381 e. The van der Waals surface area contributed by atoms with Gasteiger partial charge in [-0.25, -0.2) is 9.97 Å². The normalized spacial score (nSPS) is 19.7. The largest absolute Gasteiger partial charge is 0.381 e. The Bertz CT molecular complexity index is 806. The van der Waals surface area contributed by atoms with Gasteiger partial charge in [-0.1, -0.05) is 11.6 Å². The molecule has 2 fully saturated rings. The second-order valence-electron chi connectivity index (χ2n) is 7.16. The SMILES string of the molecule is O=C(c1ccnc(-c2ccc(Cl)cc2)n1)N1CCOCC2(CCOCC2)C1. The predicted molar refractivity (Wildman–Crippen MR) is 102 cm³/mol. The number of benzene rings is 1. The minimum atomic E-state index is -0.0796. The van der Waals surface area contributed by atoms with Crippen molar-refractivity contribution in [2.45, 2.75) is 12.8 Å². The molecule has 1 aromatic heterocycles.